The summed E-state index contributed by atoms with van der Waals surface area (Å²) in [5.41, 5.74) is 5.84. The standard InChI is InChI=1S/C8H9ClFNO/c9-6-3-5(1-2-11)8(12)4-7(6)10/h3-4,12H,1-2,11H2. The zero-order valence-corrected chi connectivity index (χ0v) is 7.11. The van der Waals surface area contributed by atoms with Crippen LogP contribution in [0.1, 0.15) is 5.56 Å². The fourth-order valence-corrected chi connectivity index (χ4v) is 1.12. The molecule has 66 valence electrons. The van der Waals surface area contributed by atoms with Gasteiger partial charge in [0.2, 0.25) is 0 Å². The van der Waals surface area contributed by atoms with Crippen molar-refractivity contribution in [2.24, 2.45) is 5.73 Å². The molecule has 0 aliphatic rings. The van der Waals surface area contributed by atoms with Crippen molar-refractivity contribution >= 4 is 11.6 Å². The first-order valence-electron chi connectivity index (χ1n) is 3.52. The highest BCUT2D eigenvalue weighted by atomic mass is 35.5. The summed E-state index contributed by atoms with van der Waals surface area (Å²) in [6.07, 6.45) is 0.492. The van der Waals surface area contributed by atoms with E-state index >= 15 is 0 Å². The van der Waals surface area contributed by atoms with Crippen molar-refractivity contribution in [3.8, 4) is 5.75 Å². The third-order valence-corrected chi connectivity index (χ3v) is 1.82. The van der Waals surface area contributed by atoms with Gasteiger partial charge in [0.1, 0.15) is 11.6 Å². The lowest BCUT2D eigenvalue weighted by molar-refractivity contribution is 0.462. The minimum absolute atomic E-state index is 0.0104. The van der Waals surface area contributed by atoms with Crippen LogP contribution >= 0.6 is 11.6 Å². The Kier molecular flexibility index (Phi) is 2.89. The van der Waals surface area contributed by atoms with E-state index in [0.717, 1.165) is 6.07 Å². The van der Waals surface area contributed by atoms with Crippen molar-refractivity contribution in [1.82, 2.24) is 0 Å². The van der Waals surface area contributed by atoms with Crippen LogP contribution in [-0.4, -0.2) is 11.7 Å². The maximum atomic E-state index is 12.7. The molecule has 0 aliphatic heterocycles. The average molecular weight is 190 g/mol. The van der Waals surface area contributed by atoms with Crippen LogP contribution in [0.2, 0.25) is 5.02 Å². The van der Waals surface area contributed by atoms with Crippen LogP contribution in [0.5, 0.6) is 5.75 Å². The van der Waals surface area contributed by atoms with E-state index in [1.165, 1.54) is 6.07 Å². The molecule has 0 saturated carbocycles. The Labute approximate surface area is 74.8 Å². The Morgan fingerprint density at radius 2 is 2.17 bits per heavy atom. The maximum absolute atomic E-state index is 12.7. The van der Waals surface area contributed by atoms with E-state index in [1.807, 2.05) is 0 Å². The molecule has 1 rings (SSSR count). The molecule has 0 saturated heterocycles. The largest absolute Gasteiger partial charge is 0.508 e. The van der Waals surface area contributed by atoms with Crippen molar-refractivity contribution in [3.05, 3.63) is 28.5 Å². The van der Waals surface area contributed by atoms with Crippen LogP contribution in [0.25, 0.3) is 0 Å². The molecule has 0 heterocycles. The lowest BCUT2D eigenvalue weighted by Gasteiger charge is -2.03. The summed E-state index contributed by atoms with van der Waals surface area (Å²) in [7, 11) is 0. The average Bonchev–Trinajstić information content (AvgIpc) is 2.01. The molecule has 0 fully saturated rings. The number of benzene rings is 1. The van der Waals surface area contributed by atoms with E-state index in [4.69, 9.17) is 17.3 Å². The molecule has 0 radical (unpaired) electrons. The predicted molar refractivity (Wildman–Crippen MR) is 45.8 cm³/mol. The molecule has 1 aromatic rings. The van der Waals surface area contributed by atoms with Crippen LogP contribution < -0.4 is 5.73 Å². The molecule has 0 atom stereocenters. The summed E-state index contributed by atoms with van der Waals surface area (Å²) in [6, 6.07) is 2.38. The molecular formula is C8H9ClFNO. The molecule has 0 unspecified atom stereocenters. The quantitative estimate of drug-likeness (QED) is 0.744. The van der Waals surface area contributed by atoms with Crippen molar-refractivity contribution in [1.29, 1.82) is 0 Å². The number of halogens is 2. The minimum atomic E-state index is -0.616. The summed E-state index contributed by atoms with van der Waals surface area (Å²) in [6.45, 7) is 0.398. The summed E-state index contributed by atoms with van der Waals surface area (Å²) < 4.78 is 12.7. The summed E-state index contributed by atoms with van der Waals surface area (Å²) in [4.78, 5) is 0. The number of rotatable bonds is 2. The van der Waals surface area contributed by atoms with Gasteiger partial charge in [-0.15, -0.1) is 0 Å². The third kappa shape index (κ3) is 1.87. The van der Waals surface area contributed by atoms with Crippen molar-refractivity contribution in [2.75, 3.05) is 6.54 Å². The van der Waals surface area contributed by atoms with Crippen LogP contribution in [0.15, 0.2) is 12.1 Å². The third-order valence-electron chi connectivity index (χ3n) is 1.54. The highest BCUT2D eigenvalue weighted by Gasteiger charge is 2.06. The Balaban J connectivity index is 3.05. The van der Waals surface area contributed by atoms with Gasteiger partial charge in [-0.05, 0) is 24.6 Å². The van der Waals surface area contributed by atoms with E-state index in [2.05, 4.69) is 0 Å². The lowest BCUT2D eigenvalue weighted by atomic mass is 10.1. The molecule has 0 aliphatic carbocycles. The van der Waals surface area contributed by atoms with Gasteiger partial charge in [-0.1, -0.05) is 11.6 Å². The predicted octanol–water partition coefficient (Wildman–Crippen LogP) is 1.69. The van der Waals surface area contributed by atoms with Crippen LogP contribution in [0, 0.1) is 5.82 Å². The monoisotopic (exact) mass is 189 g/mol. The Morgan fingerprint density at radius 3 is 2.75 bits per heavy atom. The zero-order chi connectivity index (χ0) is 9.14. The number of hydrogen-bond acceptors (Lipinski definition) is 2. The normalized spacial score (nSPS) is 10.2. The lowest BCUT2D eigenvalue weighted by Crippen LogP contribution is -2.03. The first kappa shape index (κ1) is 9.29. The van der Waals surface area contributed by atoms with Gasteiger partial charge in [-0.3, -0.25) is 0 Å². The van der Waals surface area contributed by atoms with E-state index in [0.29, 0.717) is 18.5 Å². The molecule has 0 spiro atoms. The van der Waals surface area contributed by atoms with Crippen LogP contribution in [0.4, 0.5) is 4.39 Å². The summed E-state index contributed by atoms with van der Waals surface area (Å²) in [5, 5.41) is 9.20. The van der Waals surface area contributed by atoms with Gasteiger partial charge in [0.25, 0.3) is 0 Å². The van der Waals surface area contributed by atoms with E-state index in [1.54, 1.807) is 0 Å². The molecule has 0 aromatic heterocycles. The Bertz CT molecular complexity index is 291. The highest BCUT2D eigenvalue weighted by molar-refractivity contribution is 6.30. The van der Waals surface area contributed by atoms with Gasteiger partial charge < -0.3 is 10.8 Å². The molecule has 2 nitrogen and oxygen atoms in total. The smallest absolute Gasteiger partial charge is 0.145 e. The molecule has 3 N–H and O–H groups in total. The molecule has 12 heavy (non-hydrogen) atoms. The van der Waals surface area contributed by atoms with Crippen molar-refractivity contribution in [3.63, 3.8) is 0 Å². The van der Waals surface area contributed by atoms with E-state index < -0.39 is 5.82 Å². The first-order valence-corrected chi connectivity index (χ1v) is 3.90. The SMILES string of the molecule is NCCc1cc(Cl)c(F)cc1O. The minimum Gasteiger partial charge on any atom is -0.508 e. The molecule has 0 amide bonds. The number of hydrogen-bond donors (Lipinski definition) is 2. The Hall–Kier alpha value is -0.800. The molecule has 4 heteroatoms. The second-order valence-corrected chi connectivity index (χ2v) is 2.84. The van der Waals surface area contributed by atoms with Gasteiger partial charge >= 0.3 is 0 Å². The first-order chi connectivity index (χ1) is 5.65. The fraction of sp³-hybridized carbons (Fsp3) is 0.250. The van der Waals surface area contributed by atoms with Gasteiger partial charge in [0.05, 0.1) is 5.02 Å². The zero-order valence-electron chi connectivity index (χ0n) is 6.35. The number of aromatic hydroxyl groups is 1. The number of nitrogens with two attached hydrogens (primary N) is 1. The second-order valence-electron chi connectivity index (χ2n) is 2.43. The van der Waals surface area contributed by atoms with E-state index in [9.17, 15) is 9.50 Å². The van der Waals surface area contributed by atoms with Gasteiger partial charge in [0, 0.05) is 6.07 Å². The molecule has 1 aromatic carbocycles. The van der Waals surface area contributed by atoms with Gasteiger partial charge in [-0.25, -0.2) is 4.39 Å². The van der Waals surface area contributed by atoms with E-state index in [-0.39, 0.29) is 10.8 Å². The Morgan fingerprint density at radius 1 is 1.50 bits per heavy atom. The summed E-state index contributed by atoms with van der Waals surface area (Å²) in [5.74, 6) is -0.711. The van der Waals surface area contributed by atoms with Crippen molar-refractivity contribution in [2.45, 2.75) is 6.42 Å². The molecule has 0 bridgehead atoms. The molecular weight excluding hydrogens is 181 g/mol. The topological polar surface area (TPSA) is 46.2 Å². The van der Waals surface area contributed by atoms with Gasteiger partial charge in [-0.2, -0.15) is 0 Å². The van der Waals surface area contributed by atoms with Crippen LogP contribution in [0.3, 0.4) is 0 Å². The second kappa shape index (κ2) is 3.74. The van der Waals surface area contributed by atoms with Crippen molar-refractivity contribution < 1.29 is 9.50 Å². The number of phenolic OH excluding ortho intramolecular Hbond substituents is 1. The maximum Gasteiger partial charge on any atom is 0.145 e. The fourth-order valence-electron chi connectivity index (χ4n) is 0.933. The van der Waals surface area contributed by atoms with Crippen LogP contribution in [-0.2, 0) is 6.42 Å². The summed E-state index contributed by atoms with van der Waals surface area (Å²) >= 11 is 5.49. The highest BCUT2D eigenvalue weighted by Crippen LogP contribution is 2.24. The number of phenols is 1. The van der Waals surface area contributed by atoms with Gasteiger partial charge in [0.15, 0.2) is 0 Å².